The maximum Gasteiger partial charge on any atom is 0.251 e. The summed E-state index contributed by atoms with van der Waals surface area (Å²) < 4.78 is 10.7. The molecule has 170 valence electrons. The number of amides is 1. The van der Waals surface area contributed by atoms with E-state index in [0.717, 1.165) is 30.7 Å². The molecule has 0 unspecified atom stereocenters. The minimum Gasteiger partial charge on any atom is -0.493 e. The van der Waals surface area contributed by atoms with E-state index in [0.29, 0.717) is 34.9 Å². The Morgan fingerprint density at radius 3 is 2.31 bits per heavy atom. The maximum atomic E-state index is 12.4. The summed E-state index contributed by atoms with van der Waals surface area (Å²) in [5, 5.41) is 7.04. The monoisotopic (exact) mass is 457 g/mol. The average Bonchev–Trinajstić information content (AvgIpc) is 2.81. The fourth-order valence-electron chi connectivity index (χ4n) is 3.33. The average molecular weight is 458 g/mol. The largest absolute Gasteiger partial charge is 0.493 e. The van der Waals surface area contributed by atoms with Gasteiger partial charge in [-0.25, -0.2) is 4.98 Å². The Kier molecular flexibility index (Phi) is 8.08. The molecule has 0 saturated carbocycles. The molecular weight excluding hydrogens is 430 g/mol. The predicted octanol–water partition coefficient (Wildman–Crippen LogP) is 4.12. The number of benzene rings is 2. The van der Waals surface area contributed by atoms with E-state index in [1.165, 1.54) is 0 Å². The first kappa shape index (κ1) is 23.6. The molecule has 8 nitrogen and oxygen atoms in total. The molecule has 9 heteroatoms. The number of fused-ring (bicyclic) bond motifs is 1. The Morgan fingerprint density at radius 1 is 1.03 bits per heavy atom. The standard InChI is InChI=1S/C23H28ClN5O3/c1-5-29(6-2)12-11-25-22(30)15-7-9-16(10-8-15)26-21-17-13-19(31-3)20(32-4)14-18(17)27-23(24)28-21/h7-10,13-14H,5-6,11-12H2,1-4H3,(H,25,30)(H,26,27,28). The van der Waals surface area contributed by atoms with Crippen LogP contribution < -0.4 is 20.1 Å². The second-order valence-electron chi connectivity index (χ2n) is 7.05. The van der Waals surface area contributed by atoms with Crippen molar-refractivity contribution in [3.05, 3.63) is 47.2 Å². The van der Waals surface area contributed by atoms with E-state index in [4.69, 9.17) is 21.1 Å². The van der Waals surface area contributed by atoms with E-state index >= 15 is 0 Å². The number of rotatable bonds is 10. The first-order valence-corrected chi connectivity index (χ1v) is 10.8. The molecule has 0 saturated heterocycles. The number of nitrogens with one attached hydrogen (secondary N) is 2. The number of nitrogens with zero attached hydrogens (tertiary/aromatic N) is 3. The molecule has 0 bridgehead atoms. The molecule has 0 fully saturated rings. The van der Waals surface area contributed by atoms with Crippen molar-refractivity contribution >= 4 is 39.9 Å². The number of hydrogen-bond acceptors (Lipinski definition) is 7. The molecule has 0 radical (unpaired) electrons. The van der Waals surface area contributed by atoms with Crippen LogP contribution >= 0.6 is 11.6 Å². The van der Waals surface area contributed by atoms with E-state index in [1.807, 2.05) is 12.1 Å². The van der Waals surface area contributed by atoms with Crippen LogP contribution in [0.3, 0.4) is 0 Å². The number of carbonyl (C=O) groups is 1. The molecule has 1 amide bonds. The quantitative estimate of drug-likeness (QED) is 0.443. The van der Waals surface area contributed by atoms with Crippen molar-refractivity contribution < 1.29 is 14.3 Å². The molecule has 1 heterocycles. The van der Waals surface area contributed by atoms with Crippen molar-refractivity contribution in [3.63, 3.8) is 0 Å². The van der Waals surface area contributed by atoms with Gasteiger partial charge >= 0.3 is 0 Å². The number of carbonyl (C=O) groups excluding carboxylic acids is 1. The van der Waals surface area contributed by atoms with Crippen molar-refractivity contribution in [2.24, 2.45) is 0 Å². The summed E-state index contributed by atoms with van der Waals surface area (Å²) in [7, 11) is 3.13. The van der Waals surface area contributed by atoms with Gasteiger partial charge in [0.1, 0.15) is 5.82 Å². The minimum absolute atomic E-state index is 0.101. The van der Waals surface area contributed by atoms with Crippen LogP contribution in [0.5, 0.6) is 11.5 Å². The van der Waals surface area contributed by atoms with Crippen LogP contribution in [0.2, 0.25) is 5.28 Å². The van der Waals surface area contributed by atoms with E-state index in [9.17, 15) is 4.79 Å². The van der Waals surface area contributed by atoms with Crippen molar-refractivity contribution in [2.45, 2.75) is 13.8 Å². The summed E-state index contributed by atoms with van der Waals surface area (Å²) in [4.78, 5) is 23.3. The van der Waals surface area contributed by atoms with Gasteiger partial charge in [-0.1, -0.05) is 13.8 Å². The smallest absolute Gasteiger partial charge is 0.251 e. The van der Waals surface area contributed by atoms with Crippen LogP contribution in [0.4, 0.5) is 11.5 Å². The molecule has 0 aliphatic heterocycles. The van der Waals surface area contributed by atoms with E-state index in [1.54, 1.807) is 38.5 Å². The topological polar surface area (TPSA) is 88.6 Å². The molecule has 0 atom stereocenters. The number of aromatic nitrogens is 2. The SMILES string of the molecule is CCN(CC)CCNC(=O)c1ccc(Nc2nc(Cl)nc3cc(OC)c(OC)cc23)cc1. The first-order valence-electron chi connectivity index (χ1n) is 10.5. The van der Waals surface area contributed by atoms with Crippen LogP contribution in [0, 0.1) is 0 Å². The van der Waals surface area contributed by atoms with Crippen molar-refractivity contribution in [2.75, 3.05) is 45.7 Å². The molecule has 0 aliphatic carbocycles. The number of likely N-dealkylation sites (N-methyl/N-ethyl adjacent to an activating group) is 1. The third kappa shape index (κ3) is 5.57. The summed E-state index contributed by atoms with van der Waals surface area (Å²) >= 11 is 6.13. The van der Waals surface area contributed by atoms with Gasteiger partial charge in [0.15, 0.2) is 11.5 Å². The highest BCUT2D eigenvalue weighted by Crippen LogP contribution is 2.35. The molecule has 2 aromatic carbocycles. The molecule has 1 aromatic heterocycles. The Balaban J connectivity index is 1.75. The number of methoxy groups -OCH3 is 2. The van der Waals surface area contributed by atoms with Crippen molar-refractivity contribution in [1.82, 2.24) is 20.2 Å². The van der Waals surface area contributed by atoms with Gasteiger partial charge in [0, 0.05) is 35.8 Å². The van der Waals surface area contributed by atoms with Crippen LogP contribution in [0.15, 0.2) is 36.4 Å². The summed E-state index contributed by atoms with van der Waals surface area (Å²) in [6.07, 6.45) is 0. The van der Waals surface area contributed by atoms with Gasteiger partial charge in [-0.15, -0.1) is 0 Å². The van der Waals surface area contributed by atoms with Crippen LogP contribution in [0.25, 0.3) is 10.9 Å². The van der Waals surface area contributed by atoms with Gasteiger partial charge in [0.05, 0.1) is 19.7 Å². The fourth-order valence-corrected chi connectivity index (χ4v) is 3.51. The summed E-state index contributed by atoms with van der Waals surface area (Å²) in [5.41, 5.74) is 1.97. The minimum atomic E-state index is -0.101. The van der Waals surface area contributed by atoms with Crippen LogP contribution in [-0.4, -0.2) is 61.2 Å². The van der Waals surface area contributed by atoms with Gasteiger partial charge in [-0.2, -0.15) is 4.98 Å². The van der Waals surface area contributed by atoms with E-state index in [-0.39, 0.29) is 11.2 Å². The molecule has 0 spiro atoms. The lowest BCUT2D eigenvalue weighted by Gasteiger charge is -2.18. The lowest BCUT2D eigenvalue weighted by molar-refractivity contribution is 0.0949. The second kappa shape index (κ2) is 11.0. The normalized spacial score (nSPS) is 10.9. The Morgan fingerprint density at radius 2 is 1.69 bits per heavy atom. The van der Waals surface area contributed by atoms with Gasteiger partial charge in [-0.3, -0.25) is 4.79 Å². The highest BCUT2D eigenvalue weighted by molar-refractivity contribution is 6.28. The third-order valence-corrected chi connectivity index (χ3v) is 5.36. The lowest BCUT2D eigenvalue weighted by Crippen LogP contribution is -2.34. The predicted molar refractivity (Wildman–Crippen MR) is 127 cm³/mol. The zero-order valence-corrected chi connectivity index (χ0v) is 19.5. The number of ether oxygens (including phenoxy) is 2. The highest BCUT2D eigenvalue weighted by atomic mass is 35.5. The van der Waals surface area contributed by atoms with Crippen molar-refractivity contribution in [3.8, 4) is 11.5 Å². The van der Waals surface area contributed by atoms with E-state index in [2.05, 4.69) is 39.3 Å². The molecule has 3 rings (SSSR count). The molecule has 0 aliphatic rings. The fraction of sp³-hybridized carbons (Fsp3) is 0.348. The number of anilines is 2. The lowest BCUT2D eigenvalue weighted by atomic mass is 10.1. The van der Waals surface area contributed by atoms with E-state index < -0.39 is 0 Å². The Labute approximate surface area is 192 Å². The molecule has 32 heavy (non-hydrogen) atoms. The molecule has 3 aromatic rings. The van der Waals surface area contributed by atoms with Gasteiger partial charge in [0.2, 0.25) is 5.28 Å². The third-order valence-electron chi connectivity index (χ3n) is 5.19. The summed E-state index contributed by atoms with van der Waals surface area (Å²) in [6.45, 7) is 7.58. The summed E-state index contributed by atoms with van der Waals surface area (Å²) in [5.74, 6) is 1.54. The highest BCUT2D eigenvalue weighted by Gasteiger charge is 2.13. The summed E-state index contributed by atoms with van der Waals surface area (Å²) in [6, 6.07) is 10.7. The zero-order valence-electron chi connectivity index (χ0n) is 18.7. The van der Waals surface area contributed by atoms with Crippen LogP contribution in [0.1, 0.15) is 24.2 Å². The maximum absolute atomic E-state index is 12.4. The number of halogens is 1. The molecular formula is C23H28ClN5O3. The zero-order chi connectivity index (χ0) is 23.1. The van der Waals surface area contributed by atoms with Crippen molar-refractivity contribution in [1.29, 1.82) is 0 Å². The Hall–Kier alpha value is -3.10. The number of hydrogen-bond donors (Lipinski definition) is 2. The molecule has 2 N–H and O–H groups in total. The van der Waals surface area contributed by atoms with Crippen LogP contribution in [-0.2, 0) is 0 Å². The van der Waals surface area contributed by atoms with Gasteiger partial charge in [-0.05, 0) is 55.0 Å². The van der Waals surface area contributed by atoms with Gasteiger partial charge < -0.3 is 25.0 Å². The first-order chi connectivity index (χ1) is 15.5. The van der Waals surface area contributed by atoms with Gasteiger partial charge in [0.25, 0.3) is 5.91 Å². The Bertz CT molecular complexity index is 1070. The second-order valence-corrected chi connectivity index (χ2v) is 7.39.